The fourth-order valence-electron chi connectivity index (χ4n) is 1.16. The average molecular weight is 270 g/mol. The highest BCUT2D eigenvalue weighted by molar-refractivity contribution is 8.01. The highest BCUT2D eigenvalue weighted by atomic mass is 32.2. The summed E-state index contributed by atoms with van der Waals surface area (Å²) in [5.41, 5.74) is -0.0120. The van der Waals surface area contributed by atoms with Gasteiger partial charge in [0.25, 0.3) is 0 Å². The summed E-state index contributed by atoms with van der Waals surface area (Å²) >= 11 is 2.39. The van der Waals surface area contributed by atoms with Crippen molar-refractivity contribution in [2.24, 2.45) is 0 Å². The number of thioether (sulfide) groups is 1. The molecule has 1 aromatic carbocycles. The number of ketones is 1. The molecule has 0 bridgehead atoms. The van der Waals surface area contributed by atoms with Gasteiger partial charge in [0.1, 0.15) is 17.9 Å². The van der Waals surface area contributed by atoms with E-state index in [1.54, 1.807) is 0 Å². The maximum atomic E-state index is 12.9. The first-order chi connectivity index (χ1) is 8.16. The lowest BCUT2D eigenvalue weighted by atomic mass is 10.1. The summed E-state index contributed by atoms with van der Waals surface area (Å²) in [5.74, 6) is -1.02. The van der Waals surface area contributed by atoms with Gasteiger partial charge in [-0.1, -0.05) is 11.8 Å². The molecule has 7 heteroatoms. The second-order valence-electron chi connectivity index (χ2n) is 3.08. The molecule has 0 saturated carbocycles. The summed E-state index contributed by atoms with van der Waals surface area (Å²) in [6.45, 7) is 0. The van der Waals surface area contributed by atoms with E-state index < -0.39 is 5.82 Å². The van der Waals surface area contributed by atoms with Crippen molar-refractivity contribution in [2.75, 3.05) is 5.75 Å². The number of Topliss-reactive ketones (excluding diaryl/α,β-unsaturated/α-hetero) is 1. The summed E-state index contributed by atoms with van der Waals surface area (Å²) in [6, 6.07) is 3.29. The van der Waals surface area contributed by atoms with Crippen LogP contribution in [0.15, 0.2) is 28.9 Å². The van der Waals surface area contributed by atoms with E-state index in [2.05, 4.69) is 9.36 Å². The van der Waals surface area contributed by atoms with Crippen LogP contribution in [0.2, 0.25) is 0 Å². The Labute approximate surface area is 105 Å². The standard InChI is InChI=1S/C10H7FN2O2S2/c11-6-1-2-8(14)7(3-6)9(15)4-16-10-12-5-13-17-10/h1-3,5,14H,4H2. The summed E-state index contributed by atoms with van der Waals surface area (Å²) in [7, 11) is 0. The number of hydrogen-bond acceptors (Lipinski definition) is 6. The van der Waals surface area contributed by atoms with E-state index in [0.29, 0.717) is 4.34 Å². The van der Waals surface area contributed by atoms with Crippen molar-refractivity contribution in [1.82, 2.24) is 9.36 Å². The second-order valence-corrected chi connectivity index (χ2v) is 5.08. The number of halogens is 1. The number of benzene rings is 1. The van der Waals surface area contributed by atoms with Crippen LogP contribution in [-0.4, -0.2) is 26.0 Å². The summed E-state index contributed by atoms with van der Waals surface area (Å²) in [5, 5.41) is 9.44. The van der Waals surface area contributed by atoms with Crippen LogP contribution < -0.4 is 0 Å². The molecule has 0 fully saturated rings. The summed E-state index contributed by atoms with van der Waals surface area (Å²) in [4.78, 5) is 15.6. The Hall–Kier alpha value is -1.47. The van der Waals surface area contributed by atoms with Crippen LogP contribution in [0.25, 0.3) is 0 Å². The molecule has 0 aliphatic heterocycles. The molecule has 0 aliphatic rings. The van der Waals surface area contributed by atoms with Crippen molar-refractivity contribution >= 4 is 29.1 Å². The van der Waals surface area contributed by atoms with Crippen LogP contribution in [0.1, 0.15) is 10.4 Å². The van der Waals surface area contributed by atoms with Crippen LogP contribution in [0.3, 0.4) is 0 Å². The quantitative estimate of drug-likeness (QED) is 0.682. The number of aromatic nitrogens is 2. The van der Waals surface area contributed by atoms with Gasteiger partial charge in [-0.05, 0) is 29.7 Å². The van der Waals surface area contributed by atoms with Gasteiger partial charge in [-0.2, -0.15) is 4.37 Å². The lowest BCUT2D eigenvalue weighted by Crippen LogP contribution is -2.03. The molecule has 1 heterocycles. The Morgan fingerprint density at radius 1 is 1.53 bits per heavy atom. The van der Waals surface area contributed by atoms with Crippen molar-refractivity contribution in [3.63, 3.8) is 0 Å². The molecule has 1 N–H and O–H groups in total. The van der Waals surface area contributed by atoms with Gasteiger partial charge in [-0.15, -0.1) is 0 Å². The molecule has 0 spiro atoms. The monoisotopic (exact) mass is 270 g/mol. The first-order valence-electron chi connectivity index (χ1n) is 4.58. The van der Waals surface area contributed by atoms with Gasteiger partial charge >= 0.3 is 0 Å². The zero-order valence-corrected chi connectivity index (χ0v) is 10.1. The predicted octanol–water partition coefficient (Wildman–Crippen LogP) is 2.36. The van der Waals surface area contributed by atoms with E-state index in [-0.39, 0.29) is 22.8 Å². The van der Waals surface area contributed by atoms with E-state index in [1.165, 1.54) is 29.6 Å². The lowest BCUT2D eigenvalue weighted by molar-refractivity contribution is 0.101. The minimum atomic E-state index is -0.549. The third-order valence-corrected chi connectivity index (χ3v) is 3.72. The highest BCUT2D eigenvalue weighted by Crippen LogP contribution is 2.23. The third kappa shape index (κ3) is 3.01. The number of aromatic hydroxyl groups is 1. The molecule has 2 rings (SSSR count). The molecule has 17 heavy (non-hydrogen) atoms. The lowest BCUT2D eigenvalue weighted by Gasteiger charge is -2.02. The summed E-state index contributed by atoms with van der Waals surface area (Å²) < 4.78 is 17.4. The average Bonchev–Trinajstić information content (AvgIpc) is 2.82. The van der Waals surface area contributed by atoms with Crippen molar-refractivity contribution in [3.8, 4) is 5.75 Å². The Bertz CT molecular complexity index is 531. The Morgan fingerprint density at radius 3 is 3.06 bits per heavy atom. The fourth-order valence-corrected chi connectivity index (χ4v) is 2.49. The SMILES string of the molecule is O=C(CSc1ncns1)c1cc(F)ccc1O. The van der Waals surface area contributed by atoms with Crippen molar-refractivity contribution in [2.45, 2.75) is 4.34 Å². The maximum Gasteiger partial charge on any atom is 0.176 e. The van der Waals surface area contributed by atoms with Crippen molar-refractivity contribution in [1.29, 1.82) is 0 Å². The topological polar surface area (TPSA) is 63.1 Å². The number of carbonyl (C=O) groups is 1. The van der Waals surface area contributed by atoms with Crippen LogP contribution in [-0.2, 0) is 0 Å². The smallest absolute Gasteiger partial charge is 0.176 e. The van der Waals surface area contributed by atoms with Gasteiger partial charge in [-0.25, -0.2) is 9.37 Å². The molecule has 0 atom stereocenters. The number of phenols is 1. The Balaban J connectivity index is 2.07. The molecular weight excluding hydrogens is 263 g/mol. The minimum Gasteiger partial charge on any atom is -0.507 e. The third-order valence-electron chi connectivity index (χ3n) is 1.93. The van der Waals surface area contributed by atoms with Gasteiger partial charge in [0.05, 0.1) is 11.3 Å². The van der Waals surface area contributed by atoms with Gasteiger partial charge in [-0.3, -0.25) is 4.79 Å². The molecule has 0 unspecified atom stereocenters. The zero-order chi connectivity index (χ0) is 12.3. The van der Waals surface area contributed by atoms with Crippen LogP contribution >= 0.6 is 23.3 Å². The van der Waals surface area contributed by atoms with Crippen LogP contribution in [0.5, 0.6) is 5.75 Å². The molecular formula is C10H7FN2O2S2. The van der Waals surface area contributed by atoms with Crippen LogP contribution in [0, 0.1) is 5.82 Å². The summed E-state index contributed by atoms with van der Waals surface area (Å²) in [6.07, 6.45) is 1.40. The fraction of sp³-hybridized carbons (Fsp3) is 0.100. The molecule has 0 amide bonds. The minimum absolute atomic E-state index is 0.0120. The number of hydrogen-bond donors (Lipinski definition) is 1. The molecule has 1 aromatic heterocycles. The number of phenolic OH excluding ortho intramolecular Hbond substituents is 1. The largest absolute Gasteiger partial charge is 0.507 e. The van der Waals surface area contributed by atoms with E-state index in [4.69, 9.17) is 0 Å². The molecule has 0 radical (unpaired) electrons. The molecule has 88 valence electrons. The Kier molecular flexibility index (Phi) is 3.70. The van der Waals surface area contributed by atoms with Crippen molar-refractivity contribution < 1.29 is 14.3 Å². The molecule has 0 aliphatic carbocycles. The van der Waals surface area contributed by atoms with Crippen molar-refractivity contribution in [3.05, 3.63) is 35.9 Å². The normalized spacial score (nSPS) is 10.4. The first kappa shape index (κ1) is 12.0. The van der Waals surface area contributed by atoms with Gasteiger partial charge < -0.3 is 5.11 Å². The molecule has 0 saturated heterocycles. The zero-order valence-electron chi connectivity index (χ0n) is 8.46. The maximum absolute atomic E-state index is 12.9. The van der Waals surface area contributed by atoms with Gasteiger partial charge in [0.2, 0.25) is 0 Å². The van der Waals surface area contributed by atoms with Gasteiger partial charge in [0, 0.05) is 0 Å². The van der Waals surface area contributed by atoms with E-state index in [9.17, 15) is 14.3 Å². The first-order valence-corrected chi connectivity index (χ1v) is 6.34. The molecule has 4 nitrogen and oxygen atoms in total. The number of nitrogens with zero attached hydrogens (tertiary/aromatic N) is 2. The Morgan fingerprint density at radius 2 is 2.35 bits per heavy atom. The predicted molar refractivity (Wildman–Crippen MR) is 63.0 cm³/mol. The van der Waals surface area contributed by atoms with Gasteiger partial charge in [0.15, 0.2) is 10.1 Å². The molecule has 2 aromatic rings. The second kappa shape index (κ2) is 5.24. The van der Waals surface area contributed by atoms with Crippen LogP contribution in [0.4, 0.5) is 4.39 Å². The number of rotatable bonds is 4. The number of carbonyl (C=O) groups excluding carboxylic acids is 1. The van der Waals surface area contributed by atoms with E-state index >= 15 is 0 Å². The van der Waals surface area contributed by atoms with E-state index in [0.717, 1.165) is 18.2 Å². The highest BCUT2D eigenvalue weighted by Gasteiger charge is 2.13. The van der Waals surface area contributed by atoms with E-state index in [1.807, 2.05) is 0 Å².